The van der Waals surface area contributed by atoms with E-state index in [1.165, 1.54) is 0 Å². The molecule has 6 nitrogen and oxygen atoms in total. The highest BCUT2D eigenvalue weighted by Crippen LogP contribution is 2.14. The first-order valence-electron chi connectivity index (χ1n) is 8.10. The van der Waals surface area contributed by atoms with Crippen molar-refractivity contribution in [2.24, 2.45) is 0 Å². The Balaban J connectivity index is 1.88. The Labute approximate surface area is 157 Å². The van der Waals surface area contributed by atoms with Crippen molar-refractivity contribution in [3.8, 4) is 5.75 Å². The van der Waals surface area contributed by atoms with Gasteiger partial charge in [-0.3, -0.25) is 25.8 Å². The number of ether oxygens (including phenoxy) is 1. The van der Waals surface area contributed by atoms with Gasteiger partial charge in [0.25, 0.3) is 11.8 Å². The van der Waals surface area contributed by atoms with Gasteiger partial charge >= 0.3 is 0 Å². The summed E-state index contributed by atoms with van der Waals surface area (Å²) < 4.78 is 5.56. The molecule has 0 aromatic heterocycles. The molecule has 2 aromatic rings. The molecule has 7 heteroatoms. The fraction of sp³-hybridized carbons (Fsp3) is 0.211. The zero-order valence-electron chi connectivity index (χ0n) is 14.8. The Morgan fingerprint density at radius 2 is 1.65 bits per heavy atom. The van der Waals surface area contributed by atoms with Gasteiger partial charge in [0.15, 0.2) is 5.11 Å². The minimum Gasteiger partial charge on any atom is -0.491 e. The third kappa shape index (κ3) is 5.86. The smallest absolute Gasteiger partial charge is 0.269 e. The van der Waals surface area contributed by atoms with E-state index in [0.717, 1.165) is 5.56 Å². The number of carbonyl (C=O) groups excluding carboxylic acids is 2. The van der Waals surface area contributed by atoms with Crippen molar-refractivity contribution in [1.82, 2.24) is 16.2 Å². The molecular formula is C19H21N3O3S. The molecule has 0 heterocycles. The maximum absolute atomic E-state index is 12.2. The Morgan fingerprint density at radius 3 is 2.31 bits per heavy atom. The monoisotopic (exact) mass is 371 g/mol. The molecule has 0 bridgehead atoms. The molecule has 0 aliphatic rings. The predicted molar refractivity (Wildman–Crippen MR) is 104 cm³/mol. The van der Waals surface area contributed by atoms with E-state index in [-0.39, 0.29) is 17.1 Å². The molecule has 2 amide bonds. The SMILES string of the molecule is Cc1ccc(C(=O)NNC(=S)NC(=O)c2cccc(OC(C)C)c2)cc1. The van der Waals surface area contributed by atoms with Crippen molar-refractivity contribution in [1.29, 1.82) is 0 Å². The van der Waals surface area contributed by atoms with Gasteiger partial charge in [0.05, 0.1) is 6.10 Å². The second-order valence-electron chi connectivity index (χ2n) is 5.92. The Hall–Kier alpha value is -2.93. The zero-order valence-corrected chi connectivity index (χ0v) is 15.6. The number of hydrogen-bond donors (Lipinski definition) is 3. The van der Waals surface area contributed by atoms with Crippen LogP contribution in [0.2, 0.25) is 0 Å². The minimum atomic E-state index is -0.402. The number of aryl methyl sites for hydroxylation is 1. The first kappa shape index (κ1) is 19.4. The largest absolute Gasteiger partial charge is 0.491 e. The summed E-state index contributed by atoms with van der Waals surface area (Å²) in [5.74, 6) is -0.158. The molecular weight excluding hydrogens is 350 g/mol. The van der Waals surface area contributed by atoms with Gasteiger partial charge in [-0.25, -0.2) is 0 Å². The predicted octanol–water partition coefficient (Wildman–Crippen LogP) is 2.73. The van der Waals surface area contributed by atoms with Gasteiger partial charge in [-0.15, -0.1) is 0 Å². The summed E-state index contributed by atoms with van der Waals surface area (Å²) in [4.78, 5) is 24.2. The normalized spacial score (nSPS) is 10.2. The second-order valence-corrected chi connectivity index (χ2v) is 6.33. The molecule has 2 rings (SSSR count). The van der Waals surface area contributed by atoms with Gasteiger partial charge in [-0.05, 0) is 63.3 Å². The summed E-state index contributed by atoms with van der Waals surface area (Å²) in [6, 6.07) is 13.8. The number of nitrogens with one attached hydrogen (secondary N) is 3. The third-order valence-electron chi connectivity index (χ3n) is 3.30. The van der Waals surface area contributed by atoms with E-state index < -0.39 is 5.91 Å². The van der Waals surface area contributed by atoms with Crippen LogP contribution >= 0.6 is 12.2 Å². The van der Waals surface area contributed by atoms with E-state index in [0.29, 0.717) is 16.9 Å². The zero-order chi connectivity index (χ0) is 19.1. The third-order valence-corrected chi connectivity index (χ3v) is 3.50. The van der Waals surface area contributed by atoms with Gasteiger partial charge in [0.1, 0.15) is 5.75 Å². The highest BCUT2D eigenvalue weighted by Gasteiger charge is 2.11. The van der Waals surface area contributed by atoms with Gasteiger partial charge < -0.3 is 4.74 Å². The molecule has 0 saturated heterocycles. The molecule has 2 aromatic carbocycles. The summed E-state index contributed by atoms with van der Waals surface area (Å²) in [5.41, 5.74) is 6.89. The number of carbonyl (C=O) groups is 2. The molecule has 26 heavy (non-hydrogen) atoms. The van der Waals surface area contributed by atoms with Crippen LogP contribution in [0.3, 0.4) is 0 Å². The van der Waals surface area contributed by atoms with Gasteiger partial charge in [0.2, 0.25) is 0 Å². The van der Waals surface area contributed by atoms with E-state index >= 15 is 0 Å². The maximum Gasteiger partial charge on any atom is 0.269 e. The number of hydrogen-bond acceptors (Lipinski definition) is 4. The molecule has 3 N–H and O–H groups in total. The van der Waals surface area contributed by atoms with Crippen molar-refractivity contribution in [3.05, 3.63) is 65.2 Å². The van der Waals surface area contributed by atoms with Crippen molar-refractivity contribution >= 4 is 29.1 Å². The standard InChI is InChI=1S/C19H21N3O3S/c1-12(2)25-16-6-4-5-15(11-16)17(23)20-19(26)22-21-18(24)14-9-7-13(3)8-10-14/h4-12H,1-3H3,(H,21,24)(H2,20,22,23,26). The topological polar surface area (TPSA) is 79.5 Å². The molecule has 136 valence electrons. The molecule has 0 radical (unpaired) electrons. The Kier molecular flexibility index (Phi) is 6.68. The lowest BCUT2D eigenvalue weighted by atomic mass is 10.1. The Morgan fingerprint density at radius 1 is 0.962 bits per heavy atom. The summed E-state index contributed by atoms with van der Waals surface area (Å²) in [5, 5.41) is 2.50. The van der Waals surface area contributed by atoms with Gasteiger partial charge in [-0.2, -0.15) is 0 Å². The van der Waals surface area contributed by atoms with Crippen LogP contribution in [0.15, 0.2) is 48.5 Å². The number of amides is 2. The van der Waals surface area contributed by atoms with Crippen molar-refractivity contribution in [2.45, 2.75) is 26.9 Å². The minimum absolute atomic E-state index is 0.00745. The van der Waals surface area contributed by atoms with Crippen LogP contribution in [-0.4, -0.2) is 23.0 Å². The second kappa shape index (κ2) is 8.96. The molecule has 0 spiro atoms. The van der Waals surface area contributed by atoms with E-state index in [1.807, 2.05) is 32.9 Å². The van der Waals surface area contributed by atoms with E-state index in [2.05, 4.69) is 16.2 Å². The lowest BCUT2D eigenvalue weighted by Gasteiger charge is -2.12. The lowest BCUT2D eigenvalue weighted by molar-refractivity contribution is 0.0934. The quantitative estimate of drug-likeness (QED) is 0.569. The van der Waals surface area contributed by atoms with E-state index in [1.54, 1.807) is 36.4 Å². The molecule has 0 atom stereocenters. The van der Waals surface area contributed by atoms with Gasteiger partial charge in [-0.1, -0.05) is 23.8 Å². The fourth-order valence-electron chi connectivity index (χ4n) is 2.08. The summed E-state index contributed by atoms with van der Waals surface area (Å²) >= 11 is 5.03. The average molecular weight is 371 g/mol. The highest BCUT2D eigenvalue weighted by atomic mass is 32.1. The molecule has 0 unspecified atom stereocenters. The maximum atomic E-state index is 12.2. The van der Waals surface area contributed by atoms with Crippen LogP contribution in [0.4, 0.5) is 0 Å². The molecule has 0 aliphatic carbocycles. The lowest BCUT2D eigenvalue weighted by Crippen LogP contribution is -2.48. The summed E-state index contributed by atoms with van der Waals surface area (Å²) in [6.45, 7) is 5.75. The number of rotatable bonds is 4. The number of hydrazine groups is 1. The average Bonchev–Trinajstić information content (AvgIpc) is 2.60. The summed E-state index contributed by atoms with van der Waals surface area (Å²) in [6.07, 6.45) is 0.00745. The van der Waals surface area contributed by atoms with Crippen molar-refractivity contribution < 1.29 is 14.3 Å². The fourth-order valence-corrected chi connectivity index (χ4v) is 2.22. The van der Waals surface area contributed by atoms with Crippen LogP contribution in [0.1, 0.15) is 40.1 Å². The van der Waals surface area contributed by atoms with E-state index in [4.69, 9.17) is 17.0 Å². The van der Waals surface area contributed by atoms with Crippen LogP contribution in [-0.2, 0) is 0 Å². The van der Waals surface area contributed by atoms with Crippen LogP contribution in [0.5, 0.6) is 5.75 Å². The summed E-state index contributed by atoms with van der Waals surface area (Å²) in [7, 11) is 0. The van der Waals surface area contributed by atoms with Crippen LogP contribution < -0.4 is 20.9 Å². The highest BCUT2D eigenvalue weighted by molar-refractivity contribution is 7.80. The first-order valence-corrected chi connectivity index (χ1v) is 8.51. The van der Waals surface area contributed by atoms with Crippen molar-refractivity contribution in [3.63, 3.8) is 0 Å². The number of thiocarbonyl (C=S) groups is 1. The number of benzene rings is 2. The molecule has 0 saturated carbocycles. The first-order chi connectivity index (χ1) is 12.3. The molecule has 0 aliphatic heterocycles. The van der Waals surface area contributed by atoms with Crippen molar-refractivity contribution in [2.75, 3.05) is 0 Å². The Bertz CT molecular complexity index is 804. The van der Waals surface area contributed by atoms with Crippen LogP contribution in [0.25, 0.3) is 0 Å². The molecule has 0 fully saturated rings. The van der Waals surface area contributed by atoms with Crippen LogP contribution in [0, 0.1) is 6.92 Å². The van der Waals surface area contributed by atoms with E-state index in [9.17, 15) is 9.59 Å². The van der Waals surface area contributed by atoms with Gasteiger partial charge in [0, 0.05) is 11.1 Å².